The summed E-state index contributed by atoms with van der Waals surface area (Å²) in [5.74, 6) is 3.44. The number of anilines is 2. The number of hydrogen-bond acceptors (Lipinski definition) is 7. The summed E-state index contributed by atoms with van der Waals surface area (Å²) in [6.45, 7) is 5.15. The Morgan fingerprint density at radius 3 is 2.43 bits per heavy atom. The second-order valence-corrected chi connectivity index (χ2v) is 9.28. The number of rotatable bonds is 10. The van der Waals surface area contributed by atoms with Gasteiger partial charge < -0.3 is 20.7 Å². The highest BCUT2D eigenvalue weighted by Gasteiger charge is 2.19. The normalized spacial score (nSPS) is 15.1. The number of nitrogen functional groups attached to an aromatic ring is 1. The third kappa shape index (κ3) is 7.28. The summed E-state index contributed by atoms with van der Waals surface area (Å²) >= 11 is 0. The van der Waals surface area contributed by atoms with Crippen molar-refractivity contribution in [2.24, 2.45) is 5.92 Å². The lowest BCUT2D eigenvalue weighted by Gasteiger charge is -2.31. The Morgan fingerprint density at radius 1 is 1.00 bits per heavy atom. The van der Waals surface area contributed by atoms with Crippen LogP contribution in [0.5, 0.6) is 11.5 Å². The maximum atomic E-state index is 6.28. The van der Waals surface area contributed by atoms with Crippen LogP contribution in [0.1, 0.15) is 12.8 Å². The van der Waals surface area contributed by atoms with Gasteiger partial charge in [0.2, 0.25) is 0 Å². The summed E-state index contributed by atoms with van der Waals surface area (Å²) < 4.78 is 5.92. The van der Waals surface area contributed by atoms with Crippen LogP contribution in [0.4, 0.5) is 11.6 Å². The Balaban J connectivity index is 1.33. The minimum absolute atomic E-state index is 0.471. The molecule has 2 heterocycles. The molecule has 2 aromatic carbocycles. The molecule has 7 heteroatoms. The first kappa shape index (κ1) is 24.7. The van der Waals surface area contributed by atoms with Crippen LogP contribution in [-0.2, 0) is 0 Å². The molecule has 1 aliphatic rings. The Bertz CT molecular complexity index is 1080. The number of likely N-dealkylation sites (N-methyl/N-ethyl adjacent to an activating group) is 1. The fraction of sp³-hybridized carbons (Fsp3) is 0.357. The second-order valence-electron chi connectivity index (χ2n) is 9.28. The first-order chi connectivity index (χ1) is 17.1. The Morgan fingerprint density at radius 2 is 1.71 bits per heavy atom. The van der Waals surface area contributed by atoms with E-state index in [4.69, 9.17) is 10.5 Å². The zero-order chi connectivity index (χ0) is 24.5. The molecule has 0 saturated carbocycles. The van der Waals surface area contributed by atoms with E-state index in [2.05, 4.69) is 51.3 Å². The zero-order valence-electron chi connectivity index (χ0n) is 20.7. The maximum Gasteiger partial charge on any atom is 0.139 e. The van der Waals surface area contributed by atoms with Gasteiger partial charge in [-0.1, -0.05) is 42.5 Å². The van der Waals surface area contributed by atoms with Crippen LogP contribution in [0, 0.1) is 5.92 Å². The number of para-hydroxylation sites is 1. The summed E-state index contributed by atoms with van der Waals surface area (Å²) in [5, 5.41) is 3.56. The summed E-state index contributed by atoms with van der Waals surface area (Å²) in [6.07, 6.45) is 8.41. The molecule has 0 unspecified atom stereocenters. The van der Waals surface area contributed by atoms with Gasteiger partial charge in [0.1, 0.15) is 29.5 Å². The highest BCUT2D eigenvalue weighted by atomic mass is 16.5. The van der Waals surface area contributed by atoms with Crippen molar-refractivity contribution in [3.63, 3.8) is 0 Å². The van der Waals surface area contributed by atoms with Gasteiger partial charge in [-0.3, -0.25) is 4.90 Å². The molecule has 0 bridgehead atoms. The Labute approximate surface area is 208 Å². The SMILES string of the molecule is CN(C)C/C=C/CN1CCC(CNc2ncnc(N)c2-c2ccc(Oc3ccccc3)cc2)CC1. The first-order valence-corrected chi connectivity index (χ1v) is 12.3. The van der Waals surface area contributed by atoms with Crippen LogP contribution < -0.4 is 15.8 Å². The molecule has 1 aromatic heterocycles. The number of benzene rings is 2. The molecule has 3 aromatic rings. The molecule has 1 aliphatic heterocycles. The van der Waals surface area contributed by atoms with Crippen molar-refractivity contribution in [1.29, 1.82) is 0 Å². The minimum atomic E-state index is 0.471. The van der Waals surface area contributed by atoms with Gasteiger partial charge in [-0.25, -0.2) is 9.97 Å². The molecule has 0 aliphatic carbocycles. The van der Waals surface area contributed by atoms with E-state index in [0.29, 0.717) is 11.7 Å². The van der Waals surface area contributed by atoms with Crippen molar-refractivity contribution in [3.8, 4) is 22.6 Å². The van der Waals surface area contributed by atoms with Crippen LogP contribution in [0.15, 0.2) is 73.1 Å². The lowest BCUT2D eigenvalue weighted by atomic mass is 9.96. The van der Waals surface area contributed by atoms with Crippen LogP contribution in [-0.4, -0.2) is 66.6 Å². The van der Waals surface area contributed by atoms with Crippen molar-refractivity contribution in [2.75, 3.05) is 57.9 Å². The van der Waals surface area contributed by atoms with Crippen molar-refractivity contribution in [2.45, 2.75) is 12.8 Å². The average Bonchev–Trinajstić information content (AvgIpc) is 2.87. The molecule has 35 heavy (non-hydrogen) atoms. The van der Waals surface area contributed by atoms with E-state index < -0.39 is 0 Å². The molecule has 0 amide bonds. The quantitative estimate of drug-likeness (QED) is 0.412. The predicted octanol–water partition coefficient (Wildman–Crippen LogP) is 4.76. The molecular weight excluding hydrogens is 436 g/mol. The van der Waals surface area contributed by atoms with Gasteiger partial charge >= 0.3 is 0 Å². The molecular formula is C28H36N6O. The van der Waals surface area contributed by atoms with E-state index in [1.54, 1.807) is 0 Å². The van der Waals surface area contributed by atoms with Gasteiger partial charge in [0.25, 0.3) is 0 Å². The minimum Gasteiger partial charge on any atom is -0.457 e. The van der Waals surface area contributed by atoms with E-state index in [1.165, 1.54) is 19.2 Å². The monoisotopic (exact) mass is 472 g/mol. The number of nitrogens with one attached hydrogen (secondary N) is 1. The number of likely N-dealkylation sites (tertiary alicyclic amines) is 1. The smallest absolute Gasteiger partial charge is 0.139 e. The first-order valence-electron chi connectivity index (χ1n) is 12.3. The number of aromatic nitrogens is 2. The third-order valence-electron chi connectivity index (χ3n) is 6.26. The topological polar surface area (TPSA) is 79.5 Å². The summed E-state index contributed by atoms with van der Waals surface area (Å²) in [6, 6.07) is 17.6. The third-order valence-corrected chi connectivity index (χ3v) is 6.26. The van der Waals surface area contributed by atoms with E-state index in [1.807, 2.05) is 54.6 Å². The molecule has 1 saturated heterocycles. The van der Waals surface area contributed by atoms with Crippen LogP contribution >= 0.6 is 0 Å². The van der Waals surface area contributed by atoms with Crippen molar-refractivity contribution < 1.29 is 4.74 Å². The van der Waals surface area contributed by atoms with Crippen LogP contribution in [0.2, 0.25) is 0 Å². The van der Waals surface area contributed by atoms with Gasteiger partial charge in [0.15, 0.2) is 0 Å². The van der Waals surface area contributed by atoms with Gasteiger partial charge in [0.05, 0.1) is 5.56 Å². The molecule has 0 atom stereocenters. The highest BCUT2D eigenvalue weighted by molar-refractivity contribution is 5.83. The number of ether oxygens (including phenoxy) is 1. The summed E-state index contributed by atoms with van der Waals surface area (Å²) in [7, 11) is 4.18. The van der Waals surface area contributed by atoms with Gasteiger partial charge in [0, 0.05) is 19.6 Å². The number of nitrogens with zero attached hydrogens (tertiary/aromatic N) is 4. The molecule has 1 fully saturated rings. The standard InChI is InChI=1S/C28H36N6O/c1-33(2)16-6-7-17-34-18-14-22(15-19-34)20-30-28-26(27(29)31-21-32-28)23-10-12-25(13-11-23)35-24-8-4-3-5-9-24/h3-13,21-22H,14-20H2,1-2H3,(H3,29,30,31,32)/b7-6+. The largest absolute Gasteiger partial charge is 0.457 e. The number of hydrogen-bond donors (Lipinski definition) is 2. The van der Waals surface area contributed by atoms with E-state index in [-0.39, 0.29) is 0 Å². The fourth-order valence-electron chi connectivity index (χ4n) is 4.26. The van der Waals surface area contributed by atoms with Crippen molar-refractivity contribution in [3.05, 3.63) is 73.1 Å². The fourth-order valence-corrected chi connectivity index (χ4v) is 4.26. The van der Waals surface area contributed by atoms with E-state index in [0.717, 1.165) is 61.2 Å². The van der Waals surface area contributed by atoms with Gasteiger partial charge in [-0.15, -0.1) is 0 Å². The summed E-state index contributed by atoms with van der Waals surface area (Å²) in [4.78, 5) is 13.4. The molecule has 0 spiro atoms. The predicted molar refractivity (Wildman–Crippen MR) is 144 cm³/mol. The maximum absolute atomic E-state index is 6.28. The van der Waals surface area contributed by atoms with E-state index in [9.17, 15) is 0 Å². The molecule has 7 nitrogen and oxygen atoms in total. The molecule has 4 rings (SSSR count). The number of piperidine rings is 1. The van der Waals surface area contributed by atoms with E-state index >= 15 is 0 Å². The lowest BCUT2D eigenvalue weighted by molar-refractivity contribution is 0.206. The molecule has 0 radical (unpaired) electrons. The Hall–Kier alpha value is -3.42. The molecule has 184 valence electrons. The highest BCUT2D eigenvalue weighted by Crippen LogP contribution is 2.33. The van der Waals surface area contributed by atoms with Gasteiger partial charge in [-0.05, 0) is 75.8 Å². The number of nitrogens with two attached hydrogens (primary N) is 1. The average molecular weight is 473 g/mol. The Kier molecular flexibility index (Phi) is 8.70. The van der Waals surface area contributed by atoms with Crippen LogP contribution in [0.3, 0.4) is 0 Å². The van der Waals surface area contributed by atoms with Crippen molar-refractivity contribution in [1.82, 2.24) is 19.8 Å². The van der Waals surface area contributed by atoms with Gasteiger partial charge in [-0.2, -0.15) is 0 Å². The lowest BCUT2D eigenvalue weighted by Crippen LogP contribution is -2.36. The van der Waals surface area contributed by atoms with Crippen molar-refractivity contribution >= 4 is 11.6 Å². The second kappa shape index (κ2) is 12.3. The summed E-state index contributed by atoms with van der Waals surface area (Å²) in [5.41, 5.74) is 8.08. The zero-order valence-corrected chi connectivity index (χ0v) is 20.7. The van der Waals surface area contributed by atoms with Crippen LogP contribution in [0.25, 0.3) is 11.1 Å². The molecule has 3 N–H and O–H groups in total.